The zero-order chi connectivity index (χ0) is 9.84. The van der Waals surface area contributed by atoms with Crippen LogP contribution in [0.3, 0.4) is 0 Å². The molecule has 13 heavy (non-hydrogen) atoms. The minimum atomic E-state index is 0.543. The third kappa shape index (κ3) is 1.64. The second kappa shape index (κ2) is 3.94. The highest BCUT2D eigenvalue weighted by molar-refractivity contribution is 5.82. The fraction of sp³-hybridized carbons (Fsp3) is 0.300. The average molecular weight is 180 g/mol. The van der Waals surface area contributed by atoms with Crippen LogP contribution in [0, 0.1) is 6.92 Å². The molecule has 0 amide bonds. The summed E-state index contributed by atoms with van der Waals surface area (Å²) in [6, 6.07) is 3.50. The predicted octanol–water partition coefficient (Wildman–Crippen LogP) is 1.82. The maximum Gasteiger partial charge on any atom is 0.154 e. The number of hydrogen-bond acceptors (Lipinski definition) is 3. The van der Waals surface area contributed by atoms with E-state index in [1.807, 2.05) is 6.92 Å². The molecular weight excluding hydrogens is 168 g/mol. The van der Waals surface area contributed by atoms with E-state index in [1.165, 1.54) is 7.11 Å². The predicted molar refractivity (Wildman–Crippen MR) is 49.7 cm³/mol. The summed E-state index contributed by atoms with van der Waals surface area (Å²) in [5.74, 6) is 1.27. The zero-order valence-corrected chi connectivity index (χ0v) is 7.96. The lowest BCUT2D eigenvalue weighted by molar-refractivity contribution is 0.111. The van der Waals surface area contributed by atoms with Gasteiger partial charge in [0.2, 0.25) is 0 Å². The number of ether oxygens (including phenoxy) is 2. The van der Waals surface area contributed by atoms with Gasteiger partial charge in [-0.25, -0.2) is 0 Å². The van der Waals surface area contributed by atoms with Crippen LogP contribution in [0.2, 0.25) is 0 Å². The van der Waals surface area contributed by atoms with Crippen molar-refractivity contribution in [2.75, 3.05) is 14.2 Å². The first-order chi connectivity index (χ1) is 6.24. The Hall–Kier alpha value is -1.51. The third-order valence-electron chi connectivity index (χ3n) is 1.98. The van der Waals surface area contributed by atoms with Crippen LogP contribution in [-0.4, -0.2) is 20.5 Å². The zero-order valence-electron chi connectivity index (χ0n) is 7.96. The van der Waals surface area contributed by atoms with Crippen LogP contribution in [0.15, 0.2) is 12.1 Å². The topological polar surface area (TPSA) is 35.5 Å². The molecule has 1 rings (SSSR count). The quantitative estimate of drug-likeness (QED) is 0.665. The van der Waals surface area contributed by atoms with E-state index in [2.05, 4.69) is 0 Å². The van der Waals surface area contributed by atoms with Crippen LogP contribution in [0.1, 0.15) is 15.9 Å². The smallest absolute Gasteiger partial charge is 0.154 e. The standard InChI is InChI=1S/C10H12O3/c1-7-8(6-11)10(13-3)5-4-9(7)12-2/h4-6H,1-3H3. The van der Waals surface area contributed by atoms with E-state index in [9.17, 15) is 4.79 Å². The Morgan fingerprint density at radius 3 is 2.15 bits per heavy atom. The molecule has 0 heterocycles. The summed E-state index contributed by atoms with van der Waals surface area (Å²) in [5, 5.41) is 0. The molecule has 0 bridgehead atoms. The van der Waals surface area contributed by atoms with Crippen LogP contribution in [0.5, 0.6) is 11.5 Å². The largest absolute Gasteiger partial charge is 0.496 e. The molecule has 0 aliphatic rings. The van der Waals surface area contributed by atoms with Crippen molar-refractivity contribution in [2.24, 2.45) is 0 Å². The summed E-state index contributed by atoms with van der Waals surface area (Å²) < 4.78 is 10.1. The van der Waals surface area contributed by atoms with Crippen molar-refractivity contribution in [2.45, 2.75) is 6.92 Å². The van der Waals surface area contributed by atoms with E-state index in [1.54, 1.807) is 19.2 Å². The highest BCUT2D eigenvalue weighted by Crippen LogP contribution is 2.27. The number of aldehydes is 1. The van der Waals surface area contributed by atoms with E-state index in [0.717, 1.165) is 11.8 Å². The summed E-state index contributed by atoms with van der Waals surface area (Å²) in [7, 11) is 3.11. The number of benzene rings is 1. The molecular formula is C10H12O3. The minimum absolute atomic E-state index is 0.543. The fourth-order valence-corrected chi connectivity index (χ4v) is 1.23. The monoisotopic (exact) mass is 180 g/mol. The second-order valence-corrected chi connectivity index (χ2v) is 2.63. The van der Waals surface area contributed by atoms with Gasteiger partial charge in [-0.3, -0.25) is 4.79 Å². The molecule has 0 atom stereocenters. The van der Waals surface area contributed by atoms with Crippen molar-refractivity contribution in [3.05, 3.63) is 23.3 Å². The van der Waals surface area contributed by atoms with Crippen molar-refractivity contribution < 1.29 is 14.3 Å². The maximum atomic E-state index is 10.7. The number of methoxy groups -OCH3 is 2. The molecule has 70 valence electrons. The van der Waals surface area contributed by atoms with Gasteiger partial charge < -0.3 is 9.47 Å². The molecule has 0 unspecified atom stereocenters. The van der Waals surface area contributed by atoms with E-state index in [0.29, 0.717) is 17.1 Å². The third-order valence-corrected chi connectivity index (χ3v) is 1.98. The molecule has 0 N–H and O–H groups in total. The molecule has 0 aliphatic carbocycles. The Bertz CT molecular complexity index is 318. The van der Waals surface area contributed by atoms with Crippen molar-refractivity contribution in [3.8, 4) is 11.5 Å². The Morgan fingerprint density at radius 2 is 1.69 bits per heavy atom. The van der Waals surface area contributed by atoms with Crippen LogP contribution >= 0.6 is 0 Å². The van der Waals surface area contributed by atoms with Crippen LogP contribution in [-0.2, 0) is 0 Å². The normalized spacial score (nSPS) is 9.46. The molecule has 0 fully saturated rings. The first kappa shape index (κ1) is 9.58. The highest BCUT2D eigenvalue weighted by atomic mass is 16.5. The summed E-state index contributed by atoms with van der Waals surface area (Å²) >= 11 is 0. The van der Waals surface area contributed by atoms with Gasteiger partial charge in [0.05, 0.1) is 19.8 Å². The van der Waals surface area contributed by atoms with Gasteiger partial charge in [0.1, 0.15) is 11.5 Å². The summed E-state index contributed by atoms with van der Waals surface area (Å²) in [5.41, 5.74) is 1.35. The molecule has 0 aromatic heterocycles. The van der Waals surface area contributed by atoms with Gasteiger partial charge in [-0.05, 0) is 19.1 Å². The molecule has 0 aliphatic heterocycles. The Labute approximate surface area is 77.3 Å². The Morgan fingerprint density at radius 1 is 1.15 bits per heavy atom. The van der Waals surface area contributed by atoms with E-state index >= 15 is 0 Å². The minimum Gasteiger partial charge on any atom is -0.496 e. The van der Waals surface area contributed by atoms with Gasteiger partial charge >= 0.3 is 0 Å². The van der Waals surface area contributed by atoms with Gasteiger partial charge in [-0.1, -0.05) is 0 Å². The van der Waals surface area contributed by atoms with Gasteiger partial charge in [0, 0.05) is 5.56 Å². The van der Waals surface area contributed by atoms with Gasteiger partial charge in [0.15, 0.2) is 6.29 Å². The number of carbonyl (C=O) groups is 1. The summed E-state index contributed by atoms with van der Waals surface area (Å²) in [6.45, 7) is 1.82. The fourth-order valence-electron chi connectivity index (χ4n) is 1.23. The van der Waals surface area contributed by atoms with E-state index in [4.69, 9.17) is 9.47 Å². The van der Waals surface area contributed by atoms with E-state index in [-0.39, 0.29) is 0 Å². The molecule has 0 saturated heterocycles. The molecule has 0 saturated carbocycles. The lowest BCUT2D eigenvalue weighted by atomic mass is 10.1. The molecule has 1 aromatic carbocycles. The number of hydrogen-bond donors (Lipinski definition) is 0. The maximum absolute atomic E-state index is 10.7. The average Bonchev–Trinajstić information content (AvgIpc) is 2.17. The molecule has 3 nitrogen and oxygen atoms in total. The van der Waals surface area contributed by atoms with Gasteiger partial charge in [0.25, 0.3) is 0 Å². The van der Waals surface area contributed by atoms with E-state index < -0.39 is 0 Å². The molecule has 1 aromatic rings. The van der Waals surface area contributed by atoms with Gasteiger partial charge in [-0.2, -0.15) is 0 Å². The SMILES string of the molecule is COc1ccc(OC)c(C=O)c1C. The van der Waals surface area contributed by atoms with Crippen molar-refractivity contribution in [1.82, 2.24) is 0 Å². The lowest BCUT2D eigenvalue weighted by Gasteiger charge is -2.09. The molecule has 3 heteroatoms. The summed E-state index contributed by atoms with van der Waals surface area (Å²) in [4.78, 5) is 10.7. The van der Waals surface area contributed by atoms with Gasteiger partial charge in [-0.15, -0.1) is 0 Å². The van der Waals surface area contributed by atoms with Crippen molar-refractivity contribution >= 4 is 6.29 Å². The van der Waals surface area contributed by atoms with Crippen molar-refractivity contribution in [3.63, 3.8) is 0 Å². The van der Waals surface area contributed by atoms with Crippen LogP contribution in [0.4, 0.5) is 0 Å². The highest BCUT2D eigenvalue weighted by Gasteiger charge is 2.09. The van der Waals surface area contributed by atoms with Crippen LogP contribution < -0.4 is 9.47 Å². The van der Waals surface area contributed by atoms with Crippen molar-refractivity contribution in [1.29, 1.82) is 0 Å². The first-order valence-electron chi connectivity index (χ1n) is 3.91. The first-order valence-corrected chi connectivity index (χ1v) is 3.91. The lowest BCUT2D eigenvalue weighted by Crippen LogP contribution is -1.96. The number of carbonyl (C=O) groups excluding carboxylic acids is 1. The second-order valence-electron chi connectivity index (χ2n) is 2.63. The number of rotatable bonds is 3. The molecule has 0 spiro atoms. The van der Waals surface area contributed by atoms with Crippen LogP contribution in [0.25, 0.3) is 0 Å². The Kier molecular flexibility index (Phi) is 2.90. The molecule has 0 radical (unpaired) electrons. The summed E-state index contributed by atoms with van der Waals surface area (Å²) in [6.07, 6.45) is 0.774. The Balaban J connectivity index is 3.31.